The number of aryl methyl sites for hydroxylation is 1. The van der Waals surface area contributed by atoms with Crippen molar-refractivity contribution in [1.29, 1.82) is 0 Å². The molecule has 4 heteroatoms. The highest BCUT2D eigenvalue weighted by Gasteiger charge is 2.29. The Labute approximate surface area is 96.0 Å². The number of nitrogens with one attached hydrogen (secondary N) is 1. The first-order chi connectivity index (χ1) is 7.83. The molecule has 1 aromatic rings. The molecule has 1 aliphatic heterocycles. The van der Waals surface area contributed by atoms with Gasteiger partial charge in [0.25, 0.3) is 0 Å². The van der Waals surface area contributed by atoms with Gasteiger partial charge in [-0.25, -0.2) is 4.98 Å². The maximum absolute atomic E-state index is 5.73. The quantitative estimate of drug-likeness (QED) is 0.834. The molecule has 1 saturated carbocycles. The third-order valence-electron chi connectivity index (χ3n) is 3.42. The average Bonchev–Trinajstić information content (AvgIpc) is 3.07. The number of aromatic nitrogens is 1. The van der Waals surface area contributed by atoms with Crippen LogP contribution in [0.25, 0.3) is 0 Å². The van der Waals surface area contributed by atoms with Gasteiger partial charge < -0.3 is 9.73 Å². The predicted octanol–water partition coefficient (Wildman–Crippen LogP) is 1.27. The van der Waals surface area contributed by atoms with Crippen LogP contribution in [0.5, 0.6) is 0 Å². The zero-order valence-electron chi connectivity index (χ0n) is 9.83. The fraction of sp³-hybridized carbons (Fsp3) is 0.750. The summed E-state index contributed by atoms with van der Waals surface area (Å²) in [6.07, 6.45) is 2.51. The Morgan fingerprint density at radius 3 is 2.81 bits per heavy atom. The Balaban J connectivity index is 1.68. The van der Waals surface area contributed by atoms with Gasteiger partial charge in [0.05, 0.1) is 5.69 Å². The molecule has 2 fully saturated rings. The second-order valence-electron chi connectivity index (χ2n) is 4.86. The lowest BCUT2D eigenvalue weighted by molar-refractivity contribution is 0.230. The molecule has 1 saturated heterocycles. The molecule has 0 atom stereocenters. The van der Waals surface area contributed by atoms with E-state index in [0.717, 1.165) is 50.1 Å². The molecule has 16 heavy (non-hydrogen) atoms. The highest BCUT2D eigenvalue weighted by molar-refractivity contribution is 5.13. The minimum Gasteiger partial charge on any atom is -0.445 e. The lowest BCUT2D eigenvalue weighted by Gasteiger charge is -2.26. The van der Waals surface area contributed by atoms with Crippen molar-refractivity contribution in [3.8, 4) is 0 Å². The first-order valence-electron chi connectivity index (χ1n) is 6.22. The van der Waals surface area contributed by atoms with Gasteiger partial charge in [0.15, 0.2) is 5.89 Å². The van der Waals surface area contributed by atoms with E-state index in [2.05, 4.69) is 15.2 Å². The number of hydrogen-bond donors (Lipinski definition) is 1. The van der Waals surface area contributed by atoms with E-state index >= 15 is 0 Å². The highest BCUT2D eigenvalue weighted by Crippen LogP contribution is 2.40. The topological polar surface area (TPSA) is 41.3 Å². The van der Waals surface area contributed by atoms with Crippen LogP contribution < -0.4 is 5.32 Å². The summed E-state index contributed by atoms with van der Waals surface area (Å²) in [4.78, 5) is 7.08. The van der Waals surface area contributed by atoms with E-state index in [4.69, 9.17) is 4.42 Å². The zero-order valence-corrected chi connectivity index (χ0v) is 9.83. The largest absolute Gasteiger partial charge is 0.445 e. The smallest absolute Gasteiger partial charge is 0.197 e. The molecule has 2 heterocycles. The van der Waals surface area contributed by atoms with Gasteiger partial charge in [0, 0.05) is 38.6 Å². The molecule has 4 nitrogen and oxygen atoms in total. The second kappa shape index (κ2) is 4.18. The molecule has 1 aliphatic carbocycles. The molecule has 0 unspecified atom stereocenters. The summed E-state index contributed by atoms with van der Waals surface area (Å²) < 4.78 is 5.73. The molecule has 0 bridgehead atoms. The molecule has 3 rings (SSSR count). The van der Waals surface area contributed by atoms with Crippen molar-refractivity contribution in [2.45, 2.75) is 32.2 Å². The Hall–Kier alpha value is -0.870. The van der Waals surface area contributed by atoms with E-state index in [9.17, 15) is 0 Å². The molecule has 2 aliphatic rings. The summed E-state index contributed by atoms with van der Waals surface area (Å²) in [5, 5.41) is 3.36. The van der Waals surface area contributed by atoms with Crippen molar-refractivity contribution < 1.29 is 4.42 Å². The van der Waals surface area contributed by atoms with Crippen LogP contribution in [0.4, 0.5) is 0 Å². The van der Waals surface area contributed by atoms with Crippen LogP contribution >= 0.6 is 0 Å². The SMILES string of the molecule is Cc1oc(C2CC2)nc1CN1CCNCC1. The first kappa shape index (κ1) is 10.3. The van der Waals surface area contributed by atoms with Crippen LogP contribution in [-0.4, -0.2) is 36.1 Å². The molecular formula is C12H19N3O. The Morgan fingerprint density at radius 2 is 2.12 bits per heavy atom. The van der Waals surface area contributed by atoms with Gasteiger partial charge in [-0.1, -0.05) is 0 Å². The van der Waals surface area contributed by atoms with Crippen LogP contribution in [0, 0.1) is 6.92 Å². The van der Waals surface area contributed by atoms with E-state index in [0.29, 0.717) is 5.92 Å². The van der Waals surface area contributed by atoms with Crippen molar-refractivity contribution in [1.82, 2.24) is 15.2 Å². The monoisotopic (exact) mass is 221 g/mol. The number of oxazole rings is 1. The Bertz CT molecular complexity index is 364. The third kappa shape index (κ3) is 2.13. The van der Waals surface area contributed by atoms with Crippen LogP contribution in [0.3, 0.4) is 0 Å². The summed E-state index contributed by atoms with van der Waals surface area (Å²) in [6.45, 7) is 7.40. The number of rotatable bonds is 3. The number of piperazine rings is 1. The lowest BCUT2D eigenvalue weighted by Crippen LogP contribution is -2.43. The van der Waals surface area contributed by atoms with Gasteiger partial charge in [-0.15, -0.1) is 0 Å². The summed E-state index contributed by atoms with van der Waals surface area (Å²) >= 11 is 0. The normalized spacial score (nSPS) is 22.6. The Kier molecular flexibility index (Phi) is 2.69. The van der Waals surface area contributed by atoms with Gasteiger partial charge in [-0.2, -0.15) is 0 Å². The van der Waals surface area contributed by atoms with Crippen LogP contribution in [0.1, 0.15) is 36.1 Å². The van der Waals surface area contributed by atoms with E-state index in [1.165, 1.54) is 12.8 Å². The number of hydrogen-bond acceptors (Lipinski definition) is 4. The molecule has 0 radical (unpaired) electrons. The van der Waals surface area contributed by atoms with Gasteiger partial charge in [-0.3, -0.25) is 4.90 Å². The van der Waals surface area contributed by atoms with Crippen molar-refractivity contribution in [2.75, 3.05) is 26.2 Å². The summed E-state index contributed by atoms with van der Waals surface area (Å²) in [5.74, 6) is 2.61. The van der Waals surface area contributed by atoms with E-state index < -0.39 is 0 Å². The Morgan fingerprint density at radius 1 is 1.38 bits per heavy atom. The summed E-state index contributed by atoms with van der Waals surface area (Å²) in [6, 6.07) is 0. The summed E-state index contributed by atoms with van der Waals surface area (Å²) in [7, 11) is 0. The van der Waals surface area contributed by atoms with E-state index in [1.807, 2.05) is 6.92 Å². The highest BCUT2D eigenvalue weighted by atomic mass is 16.4. The van der Waals surface area contributed by atoms with E-state index in [-0.39, 0.29) is 0 Å². The van der Waals surface area contributed by atoms with E-state index in [1.54, 1.807) is 0 Å². The minimum absolute atomic E-state index is 0.621. The van der Waals surface area contributed by atoms with Crippen LogP contribution in [-0.2, 0) is 6.54 Å². The van der Waals surface area contributed by atoms with Crippen molar-refractivity contribution in [2.24, 2.45) is 0 Å². The molecule has 1 aromatic heterocycles. The molecule has 1 N–H and O–H groups in total. The fourth-order valence-electron chi connectivity index (χ4n) is 2.18. The van der Waals surface area contributed by atoms with Gasteiger partial charge in [0.2, 0.25) is 0 Å². The lowest BCUT2D eigenvalue weighted by atomic mass is 10.3. The minimum atomic E-state index is 0.621. The van der Waals surface area contributed by atoms with Gasteiger partial charge >= 0.3 is 0 Å². The number of nitrogens with zero attached hydrogens (tertiary/aromatic N) is 2. The van der Waals surface area contributed by atoms with Crippen molar-refractivity contribution >= 4 is 0 Å². The van der Waals surface area contributed by atoms with Gasteiger partial charge in [-0.05, 0) is 19.8 Å². The fourth-order valence-corrected chi connectivity index (χ4v) is 2.18. The first-order valence-corrected chi connectivity index (χ1v) is 6.22. The maximum Gasteiger partial charge on any atom is 0.197 e. The zero-order chi connectivity index (χ0) is 11.0. The standard InChI is InChI=1S/C12H19N3O/c1-9-11(8-15-6-4-13-5-7-15)14-12(16-9)10-2-3-10/h10,13H,2-8H2,1H3. The predicted molar refractivity (Wildman–Crippen MR) is 61.4 cm³/mol. The van der Waals surface area contributed by atoms with Crippen LogP contribution in [0.2, 0.25) is 0 Å². The van der Waals surface area contributed by atoms with Crippen LogP contribution in [0.15, 0.2) is 4.42 Å². The molecule has 0 spiro atoms. The van der Waals surface area contributed by atoms with Gasteiger partial charge in [0.1, 0.15) is 5.76 Å². The molecule has 0 amide bonds. The average molecular weight is 221 g/mol. The maximum atomic E-state index is 5.73. The van der Waals surface area contributed by atoms with Crippen molar-refractivity contribution in [3.05, 3.63) is 17.3 Å². The summed E-state index contributed by atoms with van der Waals surface area (Å²) in [5.41, 5.74) is 1.14. The molecule has 88 valence electrons. The second-order valence-corrected chi connectivity index (χ2v) is 4.86. The molecular weight excluding hydrogens is 202 g/mol. The molecule has 0 aromatic carbocycles. The van der Waals surface area contributed by atoms with Crippen molar-refractivity contribution in [3.63, 3.8) is 0 Å². The third-order valence-corrected chi connectivity index (χ3v) is 3.42.